The highest BCUT2D eigenvalue weighted by molar-refractivity contribution is 4.97. The summed E-state index contributed by atoms with van der Waals surface area (Å²) in [6.07, 6.45) is 4.27. The van der Waals surface area contributed by atoms with E-state index in [1.54, 1.807) is 6.33 Å². The Morgan fingerprint density at radius 2 is 2.21 bits per heavy atom. The number of aromatic nitrogens is 3. The Morgan fingerprint density at radius 3 is 2.71 bits per heavy atom. The molecule has 0 bridgehead atoms. The third-order valence-electron chi connectivity index (χ3n) is 2.85. The first-order valence-corrected chi connectivity index (χ1v) is 5.11. The van der Waals surface area contributed by atoms with Crippen LogP contribution in [0, 0.1) is 0 Å². The van der Waals surface area contributed by atoms with Gasteiger partial charge in [0.05, 0.1) is 6.04 Å². The number of nitrogens with zero attached hydrogens (tertiary/aromatic N) is 4. The zero-order valence-electron chi connectivity index (χ0n) is 8.56. The lowest BCUT2D eigenvalue weighted by Crippen LogP contribution is -2.33. The molecular weight excluding hydrogens is 178 g/mol. The molecule has 0 saturated carbocycles. The summed E-state index contributed by atoms with van der Waals surface area (Å²) in [6.45, 7) is 2.88. The molecule has 1 aliphatic rings. The van der Waals surface area contributed by atoms with Gasteiger partial charge in [0.15, 0.2) is 5.82 Å². The van der Waals surface area contributed by atoms with Crippen molar-refractivity contribution in [2.24, 2.45) is 12.8 Å². The SMILES string of the molecule is Cn1cnnc1C(CN)N1CCCC1. The second kappa shape index (κ2) is 4.06. The third-order valence-corrected chi connectivity index (χ3v) is 2.85. The van der Waals surface area contributed by atoms with Crippen molar-refractivity contribution in [2.45, 2.75) is 18.9 Å². The monoisotopic (exact) mass is 195 g/mol. The molecule has 1 fully saturated rings. The molecule has 0 radical (unpaired) electrons. The molecule has 5 heteroatoms. The highest BCUT2D eigenvalue weighted by atomic mass is 15.3. The molecule has 0 aromatic carbocycles. The van der Waals surface area contributed by atoms with E-state index in [0.29, 0.717) is 6.54 Å². The summed E-state index contributed by atoms with van der Waals surface area (Å²) in [7, 11) is 1.97. The molecule has 2 N–H and O–H groups in total. The number of rotatable bonds is 3. The molecule has 1 aromatic heterocycles. The van der Waals surface area contributed by atoms with Crippen LogP contribution in [0.3, 0.4) is 0 Å². The summed E-state index contributed by atoms with van der Waals surface area (Å²) in [5.74, 6) is 0.981. The van der Waals surface area contributed by atoms with Crippen LogP contribution in [0.25, 0.3) is 0 Å². The van der Waals surface area contributed by atoms with Gasteiger partial charge in [0.1, 0.15) is 6.33 Å². The maximum Gasteiger partial charge on any atom is 0.151 e. The fourth-order valence-electron chi connectivity index (χ4n) is 2.06. The molecule has 1 aliphatic heterocycles. The molecule has 14 heavy (non-hydrogen) atoms. The van der Waals surface area contributed by atoms with Crippen LogP contribution in [-0.4, -0.2) is 39.3 Å². The summed E-state index contributed by atoms with van der Waals surface area (Å²) >= 11 is 0. The molecular formula is C9H17N5. The van der Waals surface area contributed by atoms with Gasteiger partial charge in [-0.2, -0.15) is 0 Å². The van der Waals surface area contributed by atoms with Gasteiger partial charge < -0.3 is 10.3 Å². The van der Waals surface area contributed by atoms with Crippen molar-refractivity contribution in [1.82, 2.24) is 19.7 Å². The van der Waals surface area contributed by atoms with Crippen molar-refractivity contribution in [3.8, 4) is 0 Å². The fourth-order valence-corrected chi connectivity index (χ4v) is 2.06. The Morgan fingerprint density at radius 1 is 1.50 bits per heavy atom. The van der Waals surface area contributed by atoms with Gasteiger partial charge in [0.25, 0.3) is 0 Å². The Labute approximate surface area is 83.9 Å². The van der Waals surface area contributed by atoms with Crippen molar-refractivity contribution in [1.29, 1.82) is 0 Å². The van der Waals surface area contributed by atoms with E-state index in [1.807, 2.05) is 11.6 Å². The van der Waals surface area contributed by atoms with Gasteiger partial charge in [-0.15, -0.1) is 10.2 Å². The molecule has 1 aromatic rings. The normalized spacial score (nSPS) is 20.1. The zero-order chi connectivity index (χ0) is 9.97. The summed E-state index contributed by atoms with van der Waals surface area (Å²) in [4.78, 5) is 2.39. The van der Waals surface area contributed by atoms with Crippen LogP contribution < -0.4 is 5.73 Å². The standard InChI is InChI=1S/C9H17N5/c1-13-7-11-12-9(13)8(6-10)14-4-2-3-5-14/h7-8H,2-6,10H2,1H3. The number of hydrogen-bond donors (Lipinski definition) is 1. The van der Waals surface area contributed by atoms with Gasteiger partial charge in [0, 0.05) is 13.6 Å². The van der Waals surface area contributed by atoms with Crippen molar-refractivity contribution in [3.63, 3.8) is 0 Å². The Kier molecular flexibility index (Phi) is 2.79. The molecule has 1 atom stereocenters. The Balaban J connectivity index is 2.16. The predicted octanol–water partition coefficient (Wildman–Crippen LogP) is -0.0893. The highest BCUT2D eigenvalue weighted by Crippen LogP contribution is 2.21. The number of likely N-dealkylation sites (tertiary alicyclic amines) is 1. The molecule has 5 nitrogen and oxygen atoms in total. The zero-order valence-corrected chi connectivity index (χ0v) is 8.56. The minimum absolute atomic E-state index is 0.241. The van der Waals surface area contributed by atoms with Crippen LogP contribution in [-0.2, 0) is 7.05 Å². The summed E-state index contributed by atoms with van der Waals surface area (Å²) in [5, 5.41) is 8.02. The van der Waals surface area contributed by atoms with Crippen LogP contribution in [0.15, 0.2) is 6.33 Å². The molecule has 0 amide bonds. The minimum Gasteiger partial charge on any atom is -0.328 e. The molecule has 1 saturated heterocycles. The number of aryl methyl sites for hydroxylation is 1. The van der Waals surface area contributed by atoms with E-state index in [1.165, 1.54) is 12.8 Å². The van der Waals surface area contributed by atoms with Crippen molar-refractivity contribution >= 4 is 0 Å². The molecule has 1 unspecified atom stereocenters. The maximum absolute atomic E-state index is 5.79. The van der Waals surface area contributed by atoms with Gasteiger partial charge >= 0.3 is 0 Å². The fraction of sp³-hybridized carbons (Fsp3) is 0.778. The first-order valence-electron chi connectivity index (χ1n) is 5.11. The van der Waals surface area contributed by atoms with Crippen LogP contribution in [0.4, 0.5) is 0 Å². The van der Waals surface area contributed by atoms with Crippen molar-refractivity contribution < 1.29 is 0 Å². The van der Waals surface area contributed by atoms with Crippen LogP contribution >= 0.6 is 0 Å². The topological polar surface area (TPSA) is 60.0 Å². The Hall–Kier alpha value is -0.940. The lowest BCUT2D eigenvalue weighted by Gasteiger charge is -2.24. The van der Waals surface area contributed by atoms with E-state index in [-0.39, 0.29) is 6.04 Å². The molecule has 0 spiro atoms. The third kappa shape index (κ3) is 1.65. The van der Waals surface area contributed by atoms with Gasteiger partial charge in [-0.25, -0.2) is 0 Å². The lowest BCUT2D eigenvalue weighted by atomic mass is 10.2. The molecule has 2 heterocycles. The van der Waals surface area contributed by atoms with Crippen molar-refractivity contribution in [3.05, 3.63) is 12.2 Å². The van der Waals surface area contributed by atoms with E-state index in [4.69, 9.17) is 5.73 Å². The maximum atomic E-state index is 5.79. The molecule has 0 aliphatic carbocycles. The van der Waals surface area contributed by atoms with Crippen LogP contribution in [0.1, 0.15) is 24.7 Å². The molecule has 2 rings (SSSR count). The van der Waals surface area contributed by atoms with Crippen molar-refractivity contribution in [2.75, 3.05) is 19.6 Å². The van der Waals surface area contributed by atoms with E-state index in [9.17, 15) is 0 Å². The van der Waals surface area contributed by atoms with E-state index >= 15 is 0 Å². The Bertz CT molecular complexity index is 289. The first-order chi connectivity index (χ1) is 6.83. The van der Waals surface area contributed by atoms with E-state index in [0.717, 1.165) is 18.9 Å². The summed E-state index contributed by atoms with van der Waals surface area (Å²) < 4.78 is 1.95. The van der Waals surface area contributed by atoms with Gasteiger partial charge in [-0.3, -0.25) is 4.90 Å². The number of hydrogen-bond acceptors (Lipinski definition) is 4. The van der Waals surface area contributed by atoms with Crippen LogP contribution in [0.2, 0.25) is 0 Å². The second-order valence-electron chi connectivity index (χ2n) is 3.79. The highest BCUT2D eigenvalue weighted by Gasteiger charge is 2.25. The van der Waals surface area contributed by atoms with Crippen LogP contribution in [0.5, 0.6) is 0 Å². The van der Waals surface area contributed by atoms with Gasteiger partial charge in [0.2, 0.25) is 0 Å². The first kappa shape index (κ1) is 9.61. The summed E-state index contributed by atoms with van der Waals surface area (Å²) in [6, 6.07) is 0.241. The molecule has 78 valence electrons. The quantitative estimate of drug-likeness (QED) is 0.732. The largest absolute Gasteiger partial charge is 0.328 e. The average Bonchev–Trinajstić information content (AvgIpc) is 2.80. The average molecular weight is 195 g/mol. The smallest absolute Gasteiger partial charge is 0.151 e. The summed E-state index contributed by atoms with van der Waals surface area (Å²) in [5.41, 5.74) is 5.79. The van der Waals surface area contributed by atoms with Gasteiger partial charge in [-0.1, -0.05) is 0 Å². The lowest BCUT2D eigenvalue weighted by molar-refractivity contribution is 0.237. The second-order valence-corrected chi connectivity index (χ2v) is 3.79. The predicted molar refractivity (Wildman–Crippen MR) is 53.6 cm³/mol. The van der Waals surface area contributed by atoms with Gasteiger partial charge in [-0.05, 0) is 25.9 Å². The minimum atomic E-state index is 0.241. The number of nitrogens with two attached hydrogens (primary N) is 1. The van der Waals surface area contributed by atoms with E-state index < -0.39 is 0 Å². The van der Waals surface area contributed by atoms with E-state index in [2.05, 4.69) is 15.1 Å².